The second-order valence-corrected chi connectivity index (χ2v) is 7.55. The molecular weight excluding hydrogens is 458 g/mol. The highest BCUT2D eigenvalue weighted by Gasteiger charge is 2.14. The van der Waals surface area contributed by atoms with Crippen LogP contribution in [0.2, 0.25) is 5.02 Å². The van der Waals surface area contributed by atoms with Crippen LogP contribution in [0.4, 0.5) is 10.5 Å². The molecular formula is C25H22ClN3O5. The smallest absolute Gasteiger partial charge is 0.411 e. The number of rotatable bonds is 8. The van der Waals surface area contributed by atoms with Crippen LogP contribution in [0.5, 0.6) is 23.1 Å². The lowest BCUT2D eigenvalue weighted by Crippen LogP contribution is -2.15. The van der Waals surface area contributed by atoms with Gasteiger partial charge in [0.05, 0.1) is 42.4 Å². The van der Waals surface area contributed by atoms with Crippen LogP contribution in [0.25, 0.3) is 10.9 Å². The van der Waals surface area contributed by atoms with E-state index >= 15 is 0 Å². The SMILES string of the molecule is COc1cc2ncnc(Oc3ccc(NC(=O)OCCc4ccccc4)c(Cl)c3)c2cc1OC. The highest BCUT2D eigenvalue weighted by Crippen LogP contribution is 2.36. The Balaban J connectivity index is 1.43. The number of benzene rings is 3. The number of hydrogen-bond acceptors (Lipinski definition) is 7. The third-order valence-corrected chi connectivity index (χ3v) is 5.28. The number of ether oxygens (including phenoxy) is 4. The monoisotopic (exact) mass is 479 g/mol. The molecule has 8 nitrogen and oxygen atoms in total. The van der Waals surface area contributed by atoms with E-state index in [1.54, 1.807) is 44.6 Å². The Kier molecular flexibility index (Phi) is 7.29. The summed E-state index contributed by atoms with van der Waals surface area (Å²) >= 11 is 6.36. The van der Waals surface area contributed by atoms with Crippen LogP contribution in [0.3, 0.4) is 0 Å². The average Bonchev–Trinajstić information content (AvgIpc) is 2.85. The molecule has 1 heterocycles. The Morgan fingerprint density at radius 3 is 2.47 bits per heavy atom. The zero-order chi connectivity index (χ0) is 23.9. The van der Waals surface area contributed by atoms with Crippen LogP contribution in [-0.2, 0) is 11.2 Å². The summed E-state index contributed by atoms with van der Waals surface area (Å²) in [4.78, 5) is 20.6. The minimum Gasteiger partial charge on any atom is -0.493 e. The number of nitrogens with one attached hydrogen (secondary N) is 1. The summed E-state index contributed by atoms with van der Waals surface area (Å²) in [5.74, 6) is 1.83. The molecule has 34 heavy (non-hydrogen) atoms. The van der Waals surface area contributed by atoms with Gasteiger partial charge in [0, 0.05) is 18.6 Å². The molecule has 0 saturated heterocycles. The van der Waals surface area contributed by atoms with E-state index in [1.807, 2.05) is 30.3 Å². The van der Waals surface area contributed by atoms with Crippen molar-refractivity contribution in [2.75, 3.05) is 26.1 Å². The van der Waals surface area contributed by atoms with Crippen molar-refractivity contribution in [3.05, 3.63) is 77.6 Å². The first-order chi connectivity index (χ1) is 16.6. The normalized spacial score (nSPS) is 10.6. The van der Waals surface area contributed by atoms with E-state index in [0.717, 1.165) is 5.56 Å². The fourth-order valence-electron chi connectivity index (χ4n) is 3.27. The van der Waals surface area contributed by atoms with Crippen LogP contribution in [0.15, 0.2) is 67.0 Å². The maximum Gasteiger partial charge on any atom is 0.411 e. The molecule has 0 saturated carbocycles. The first kappa shape index (κ1) is 23.1. The molecule has 0 spiro atoms. The van der Waals surface area contributed by atoms with Crippen LogP contribution < -0.4 is 19.5 Å². The number of anilines is 1. The zero-order valence-electron chi connectivity index (χ0n) is 18.6. The van der Waals surface area contributed by atoms with Gasteiger partial charge in [-0.05, 0) is 23.8 Å². The fourth-order valence-corrected chi connectivity index (χ4v) is 3.48. The minimum absolute atomic E-state index is 0.254. The van der Waals surface area contributed by atoms with Gasteiger partial charge in [-0.15, -0.1) is 0 Å². The Bertz CT molecular complexity index is 1300. The zero-order valence-corrected chi connectivity index (χ0v) is 19.3. The lowest BCUT2D eigenvalue weighted by molar-refractivity contribution is 0.163. The summed E-state index contributed by atoms with van der Waals surface area (Å²) in [6, 6.07) is 18.1. The van der Waals surface area contributed by atoms with Gasteiger partial charge in [0.15, 0.2) is 11.5 Å². The molecule has 1 N–H and O–H groups in total. The summed E-state index contributed by atoms with van der Waals surface area (Å²) in [7, 11) is 3.10. The number of hydrogen-bond donors (Lipinski definition) is 1. The van der Waals surface area contributed by atoms with E-state index in [4.69, 9.17) is 30.5 Å². The summed E-state index contributed by atoms with van der Waals surface area (Å²) in [6.45, 7) is 0.254. The first-order valence-electron chi connectivity index (χ1n) is 10.4. The maximum atomic E-state index is 12.1. The topological polar surface area (TPSA) is 91.8 Å². The predicted octanol–water partition coefficient (Wildman–Crippen LogP) is 5.88. The molecule has 4 aromatic rings. The number of halogens is 1. The molecule has 0 atom stereocenters. The Hall–Kier alpha value is -4.04. The van der Waals surface area contributed by atoms with Crippen molar-refractivity contribution >= 4 is 34.3 Å². The predicted molar refractivity (Wildman–Crippen MR) is 129 cm³/mol. The fraction of sp³-hybridized carbons (Fsp3) is 0.160. The third kappa shape index (κ3) is 5.47. The molecule has 0 bridgehead atoms. The van der Waals surface area contributed by atoms with E-state index < -0.39 is 6.09 Å². The van der Waals surface area contributed by atoms with Crippen molar-refractivity contribution in [1.29, 1.82) is 0 Å². The Labute approximate surface area is 201 Å². The van der Waals surface area contributed by atoms with Crippen molar-refractivity contribution in [2.24, 2.45) is 0 Å². The highest BCUT2D eigenvalue weighted by molar-refractivity contribution is 6.33. The molecule has 0 aliphatic carbocycles. The van der Waals surface area contributed by atoms with E-state index in [-0.39, 0.29) is 11.6 Å². The molecule has 0 radical (unpaired) electrons. The molecule has 1 aromatic heterocycles. The van der Waals surface area contributed by atoms with Gasteiger partial charge in [-0.2, -0.15) is 0 Å². The standard InChI is InChI=1S/C25H22ClN3O5/c1-31-22-13-18-21(14-23(22)32-2)27-15-28-24(18)34-17-8-9-20(19(26)12-17)29-25(30)33-11-10-16-6-4-3-5-7-16/h3-9,12-15H,10-11H2,1-2H3,(H,29,30). The molecule has 4 rings (SSSR count). The van der Waals surface area contributed by atoms with E-state index in [9.17, 15) is 4.79 Å². The summed E-state index contributed by atoms with van der Waals surface area (Å²) in [5.41, 5.74) is 2.12. The number of aromatic nitrogens is 2. The van der Waals surface area contributed by atoms with Gasteiger partial charge in [-0.1, -0.05) is 41.9 Å². The molecule has 1 amide bonds. The third-order valence-electron chi connectivity index (χ3n) is 4.96. The summed E-state index contributed by atoms with van der Waals surface area (Å²) in [5, 5.41) is 3.57. The molecule has 0 aliphatic rings. The minimum atomic E-state index is -0.589. The van der Waals surface area contributed by atoms with Gasteiger partial charge in [-0.3, -0.25) is 5.32 Å². The van der Waals surface area contributed by atoms with Crippen molar-refractivity contribution in [1.82, 2.24) is 9.97 Å². The van der Waals surface area contributed by atoms with Crippen molar-refractivity contribution in [3.63, 3.8) is 0 Å². The van der Waals surface area contributed by atoms with Gasteiger partial charge in [0.2, 0.25) is 5.88 Å². The van der Waals surface area contributed by atoms with Crippen molar-refractivity contribution < 1.29 is 23.7 Å². The summed E-state index contributed by atoms with van der Waals surface area (Å²) in [6.07, 6.45) is 1.43. The van der Waals surface area contributed by atoms with E-state index in [0.29, 0.717) is 46.1 Å². The maximum absolute atomic E-state index is 12.1. The Morgan fingerprint density at radius 2 is 1.74 bits per heavy atom. The van der Waals surface area contributed by atoms with Crippen LogP contribution in [0, 0.1) is 0 Å². The largest absolute Gasteiger partial charge is 0.493 e. The quantitative estimate of drug-likeness (QED) is 0.337. The highest BCUT2D eigenvalue weighted by atomic mass is 35.5. The lowest BCUT2D eigenvalue weighted by Gasteiger charge is -2.12. The molecule has 3 aromatic carbocycles. The number of fused-ring (bicyclic) bond motifs is 1. The molecule has 0 aliphatic heterocycles. The molecule has 0 unspecified atom stereocenters. The molecule has 174 valence electrons. The van der Waals surface area contributed by atoms with E-state index in [2.05, 4.69) is 15.3 Å². The van der Waals surface area contributed by atoms with Crippen molar-refractivity contribution in [2.45, 2.75) is 6.42 Å². The average molecular weight is 480 g/mol. The van der Waals surface area contributed by atoms with Crippen LogP contribution in [0.1, 0.15) is 5.56 Å². The summed E-state index contributed by atoms with van der Waals surface area (Å²) < 4.78 is 21.9. The molecule has 9 heteroatoms. The van der Waals surface area contributed by atoms with Gasteiger partial charge >= 0.3 is 6.09 Å². The van der Waals surface area contributed by atoms with Crippen molar-refractivity contribution in [3.8, 4) is 23.1 Å². The molecule has 0 fully saturated rings. The van der Waals surface area contributed by atoms with Crippen LogP contribution in [-0.4, -0.2) is 36.9 Å². The van der Waals surface area contributed by atoms with Gasteiger partial charge in [-0.25, -0.2) is 14.8 Å². The number of carbonyl (C=O) groups excluding carboxylic acids is 1. The number of carbonyl (C=O) groups is 1. The lowest BCUT2D eigenvalue weighted by atomic mass is 10.2. The second kappa shape index (κ2) is 10.7. The first-order valence-corrected chi connectivity index (χ1v) is 10.8. The second-order valence-electron chi connectivity index (χ2n) is 7.14. The van der Waals surface area contributed by atoms with Gasteiger partial charge in [0.1, 0.15) is 12.1 Å². The van der Waals surface area contributed by atoms with Gasteiger partial charge in [0.25, 0.3) is 0 Å². The van der Waals surface area contributed by atoms with E-state index in [1.165, 1.54) is 6.33 Å². The number of amides is 1. The number of nitrogens with zero attached hydrogens (tertiary/aromatic N) is 2. The van der Waals surface area contributed by atoms with Gasteiger partial charge < -0.3 is 18.9 Å². The number of methoxy groups -OCH3 is 2. The Morgan fingerprint density at radius 1 is 0.971 bits per heavy atom. The van der Waals surface area contributed by atoms with Crippen LogP contribution >= 0.6 is 11.6 Å².